The van der Waals surface area contributed by atoms with E-state index in [4.69, 9.17) is 0 Å². The van der Waals surface area contributed by atoms with Gasteiger partial charge < -0.3 is 10.4 Å². The normalized spacial score (nSPS) is 13.4. The molecule has 0 aliphatic rings. The Balaban J connectivity index is 2.12. The topological polar surface area (TPSA) is 50.1 Å². The molecule has 0 bridgehead atoms. The van der Waals surface area contributed by atoms with Crippen LogP contribution in [0.2, 0.25) is 0 Å². The maximum Gasteiger partial charge on any atom is 0.0729 e. The van der Waals surface area contributed by atoms with Crippen LogP contribution in [0, 0.1) is 0 Å². The molecule has 4 nitrogen and oxygen atoms in total. The third-order valence-corrected chi connectivity index (χ3v) is 3.02. The average Bonchev–Trinajstić information content (AvgIpc) is 2.65. The Morgan fingerprint density at radius 3 is 2.78 bits per heavy atom. The van der Waals surface area contributed by atoms with Crippen LogP contribution in [-0.2, 0) is 13.5 Å². The van der Waals surface area contributed by atoms with Gasteiger partial charge in [-0.3, -0.25) is 4.68 Å². The third kappa shape index (κ3) is 2.89. The molecule has 0 radical (unpaired) electrons. The van der Waals surface area contributed by atoms with Gasteiger partial charge in [0.1, 0.15) is 0 Å². The molecule has 0 aliphatic heterocycles. The van der Waals surface area contributed by atoms with Crippen LogP contribution < -0.4 is 5.32 Å². The van der Waals surface area contributed by atoms with Crippen LogP contribution in [0.4, 0.5) is 0 Å². The summed E-state index contributed by atoms with van der Waals surface area (Å²) in [6.45, 7) is 4.74. The zero-order valence-electron chi connectivity index (χ0n) is 11.2. The first kappa shape index (κ1) is 13.1. The van der Waals surface area contributed by atoms with Crippen molar-refractivity contribution in [3.05, 3.63) is 30.0 Å². The molecule has 0 saturated heterocycles. The minimum atomic E-state index is -0.397. The Morgan fingerprint density at radius 1 is 1.33 bits per heavy atom. The van der Waals surface area contributed by atoms with E-state index in [9.17, 15) is 5.11 Å². The highest BCUT2D eigenvalue weighted by Gasteiger charge is 2.12. The second-order valence-corrected chi connectivity index (χ2v) is 5.01. The average molecular weight is 247 g/mol. The Morgan fingerprint density at radius 2 is 2.06 bits per heavy atom. The van der Waals surface area contributed by atoms with Crippen LogP contribution in [0.5, 0.6) is 0 Å². The van der Waals surface area contributed by atoms with Gasteiger partial charge in [-0.1, -0.05) is 32.0 Å². The fourth-order valence-corrected chi connectivity index (χ4v) is 2.11. The van der Waals surface area contributed by atoms with E-state index in [1.165, 1.54) is 0 Å². The lowest BCUT2D eigenvalue weighted by Gasteiger charge is -2.13. The number of aromatic nitrogens is 2. The molecule has 0 fully saturated rings. The molecule has 1 aromatic carbocycles. The van der Waals surface area contributed by atoms with E-state index in [2.05, 4.69) is 30.3 Å². The van der Waals surface area contributed by atoms with Crippen LogP contribution in [0.3, 0.4) is 0 Å². The fourth-order valence-electron chi connectivity index (χ4n) is 2.11. The van der Waals surface area contributed by atoms with E-state index in [0.29, 0.717) is 19.0 Å². The van der Waals surface area contributed by atoms with Crippen molar-refractivity contribution in [2.45, 2.75) is 32.4 Å². The van der Waals surface area contributed by atoms with Crippen molar-refractivity contribution in [3.8, 4) is 0 Å². The van der Waals surface area contributed by atoms with Crippen molar-refractivity contribution in [2.24, 2.45) is 7.05 Å². The molecule has 0 aliphatic carbocycles. The van der Waals surface area contributed by atoms with Crippen molar-refractivity contribution in [3.63, 3.8) is 0 Å². The number of fused-ring (bicyclic) bond motifs is 1. The number of aliphatic hydroxyl groups excluding tert-OH is 1. The number of nitrogens with zero attached hydrogens (tertiary/aromatic N) is 2. The molecule has 0 saturated carbocycles. The molecule has 18 heavy (non-hydrogen) atoms. The van der Waals surface area contributed by atoms with Gasteiger partial charge in [0.25, 0.3) is 0 Å². The molecule has 1 heterocycles. The Bertz CT molecular complexity index is 519. The van der Waals surface area contributed by atoms with E-state index in [1.54, 1.807) is 0 Å². The monoisotopic (exact) mass is 247 g/mol. The summed E-state index contributed by atoms with van der Waals surface area (Å²) in [4.78, 5) is 0. The number of hydrogen-bond acceptors (Lipinski definition) is 3. The lowest BCUT2D eigenvalue weighted by Crippen LogP contribution is -2.33. The van der Waals surface area contributed by atoms with Gasteiger partial charge in [0, 0.05) is 31.4 Å². The van der Waals surface area contributed by atoms with Gasteiger partial charge in [0.15, 0.2) is 0 Å². The number of rotatable bonds is 5. The highest BCUT2D eigenvalue weighted by atomic mass is 16.3. The molecule has 1 atom stereocenters. The van der Waals surface area contributed by atoms with Crippen LogP contribution in [-0.4, -0.2) is 33.6 Å². The molecule has 0 amide bonds. The third-order valence-electron chi connectivity index (χ3n) is 3.02. The molecule has 4 heteroatoms. The van der Waals surface area contributed by atoms with Crippen molar-refractivity contribution < 1.29 is 5.11 Å². The van der Waals surface area contributed by atoms with Crippen LogP contribution in [0.15, 0.2) is 24.3 Å². The SMILES string of the molecule is CC(C)NCC(O)Cc1nn(C)c2ccccc12. The molecule has 1 unspecified atom stereocenters. The predicted molar refractivity (Wildman–Crippen MR) is 73.6 cm³/mol. The van der Waals surface area contributed by atoms with Gasteiger partial charge >= 0.3 is 0 Å². The number of aryl methyl sites for hydroxylation is 1. The van der Waals surface area contributed by atoms with Gasteiger partial charge in [-0.2, -0.15) is 5.10 Å². The quantitative estimate of drug-likeness (QED) is 0.841. The lowest BCUT2D eigenvalue weighted by atomic mass is 10.1. The maximum absolute atomic E-state index is 10.0. The van der Waals surface area contributed by atoms with Crippen molar-refractivity contribution in [2.75, 3.05) is 6.54 Å². The van der Waals surface area contributed by atoms with Crippen LogP contribution in [0.1, 0.15) is 19.5 Å². The van der Waals surface area contributed by atoms with E-state index in [0.717, 1.165) is 16.6 Å². The van der Waals surface area contributed by atoms with Crippen LogP contribution in [0.25, 0.3) is 10.9 Å². The number of para-hydroxylation sites is 1. The minimum absolute atomic E-state index is 0.389. The van der Waals surface area contributed by atoms with Gasteiger partial charge in [-0.05, 0) is 6.07 Å². The van der Waals surface area contributed by atoms with Crippen molar-refractivity contribution >= 4 is 10.9 Å². The summed E-state index contributed by atoms with van der Waals surface area (Å²) >= 11 is 0. The zero-order chi connectivity index (χ0) is 13.1. The molecule has 2 rings (SSSR count). The lowest BCUT2D eigenvalue weighted by molar-refractivity contribution is 0.168. The maximum atomic E-state index is 10.0. The number of aliphatic hydroxyl groups is 1. The molecule has 0 spiro atoms. The first-order valence-corrected chi connectivity index (χ1v) is 6.40. The highest BCUT2D eigenvalue weighted by Crippen LogP contribution is 2.18. The first-order valence-electron chi connectivity index (χ1n) is 6.40. The largest absolute Gasteiger partial charge is 0.391 e. The second-order valence-electron chi connectivity index (χ2n) is 5.01. The van der Waals surface area contributed by atoms with E-state index in [-0.39, 0.29) is 0 Å². The van der Waals surface area contributed by atoms with Crippen molar-refractivity contribution in [1.82, 2.24) is 15.1 Å². The summed E-state index contributed by atoms with van der Waals surface area (Å²) in [6.07, 6.45) is 0.187. The number of hydrogen-bond donors (Lipinski definition) is 2. The predicted octanol–water partition coefficient (Wildman–Crippen LogP) is 1.47. The number of benzene rings is 1. The van der Waals surface area contributed by atoms with Gasteiger partial charge in [0.05, 0.1) is 17.3 Å². The molecule has 2 aromatic rings. The minimum Gasteiger partial charge on any atom is -0.391 e. The summed E-state index contributed by atoms with van der Waals surface area (Å²) in [5.41, 5.74) is 2.07. The van der Waals surface area contributed by atoms with Gasteiger partial charge in [-0.25, -0.2) is 0 Å². The fraction of sp³-hybridized carbons (Fsp3) is 0.500. The summed E-state index contributed by atoms with van der Waals surface area (Å²) in [5, 5.41) is 18.9. The van der Waals surface area contributed by atoms with E-state index < -0.39 is 6.10 Å². The van der Waals surface area contributed by atoms with Gasteiger partial charge in [-0.15, -0.1) is 0 Å². The van der Waals surface area contributed by atoms with Gasteiger partial charge in [0.2, 0.25) is 0 Å². The molecule has 1 aromatic heterocycles. The van der Waals surface area contributed by atoms with E-state index in [1.807, 2.05) is 29.9 Å². The second kappa shape index (κ2) is 5.50. The summed E-state index contributed by atoms with van der Waals surface area (Å²) < 4.78 is 1.87. The standard InChI is InChI=1S/C14H21N3O/c1-10(2)15-9-11(18)8-13-12-6-4-5-7-14(12)17(3)16-13/h4-7,10-11,15,18H,8-9H2,1-3H3. The van der Waals surface area contributed by atoms with Crippen LogP contribution >= 0.6 is 0 Å². The molecule has 98 valence electrons. The Hall–Kier alpha value is -1.39. The molecular formula is C14H21N3O. The first-order chi connectivity index (χ1) is 8.58. The van der Waals surface area contributed by atoms with E-state index >= 15 is 0 Å². The summed E-state index contributed by atoms with van der Waals surface area (Å²) in [7, 11) is 1.94. The number of nitrogens with one attached hydrogen (secondary N) is 1. The highest BCUT2D eigenvalue weighted by molar-refractivity contribution is 5.81. The molecule has 2 N–H and O–H groups in total. The van der Waals surface area contributed by atoms with Crippen molar-refractivity contribution in [1.29, 1.82) is 0 Å². The Labute approximate surface area is 108 Å². The summed E-state index contributed by atoms with van der Waals surface area (Å²) in [5.74, 6) is 0. The summed E-state index contributed by atoms with van der Waals surface area (Å²) in [6, 6.07) is 8.50. The molecular weight excluding hydrogens is 226 g/mol. The Kier molecular flexibility index (Phi) is 3.99. The zero-order valence-corrected chi connectivity index (χ0v) is 11.2. The smallest absolute Gasteiger partial charge is 0.0729 e.